The van der Waals surface area contributed by atoms with Gasteiger partial charge in [0.2, 0.25) is 5.88 Å². The number of sulfone groups is 1. The Morgan fingerprint density at radius 2 is 1.70 bits per heavy atom. The Bertz CT molecular complexity index is 1670. The number of piperidine rings is 1. The van der Waals surface area contributed by atoms with Crippen molar-refractivity contribution in [3.05, 3.63) is 46.8 Å². The summed E-state index contributed by atoms with van der Waals surface area (Å²) in [7, 11) is -1.64. The predicted molar refractivity (Wildman–Crippen MR) is 175 cm³/mol. The number of benzene rings is 1. The van der Waals surface area contributed by atoms with Crippen molar-refractivity contribution < 1.29 is 31.1 Å². The minimum atomic E-state index is -3.31. The average Bonchev–Trinajstić information content (AvgIpc) is 3.05. The van der Waals surface area contributed by atoms with E-state index in [2.05, 4.69) is 20.4 Å². The fourth-order valence-corrected chi connectivity index (χ4v) is 8.70. The Kier molecular flexibility index (Phi) is 10.1. The van der Waals surface area contributed by atoms with Crippen molar-refractivity contribution in [3.8, 4) is 11.8 Å². The van der Waals surface area contributed by atoms with E-state index in [1.807, 2.05) is 6.07 Å². The van der Waals surface area contributed by atoms with Crippen LogP contribution in [0, 0.1) is 11.7 Å². The van der Waals surface area contributed by atoms with Crippen LogP contribution in [-0.4, -0.2) is 73.4 Å². The standard InChI is InChI=1S/C34H44F3N5O4S/c1-22-25-9-8-10-28(29(25)35)34(36,37)24-11-16-42(17-12-24)15-6-4-3-5-7-18-46-32-26(23-13-19-47(43,44)20-14-23)21-27-30(39-32)33(45-2)41-40-31(27)38-22/h8-10,21-24H,3-7,11-20H2,1-2H3,(H,38,40)/t22-/m1/s1. The normalized spacial score (nSPS) is 25.7. The highest BCUT2D eigenvalue weighted by molar-refractivity contribution is 7.91. The molecule has 0 aliphatic carbocycles. The second-order valence-electron chi connectivity index (χ2n) is 13.2. The largest absolute Gasteiger partial charge is 0.478 e. The second kappa shape index (κ2) is 14.1. The van der Waals surface area contributed by atoms with Crippen LogP contribution in [0.1, 0.15) is 93.4 Å². The van der Waals surface area contributed by atoms with Crippen molar-refractivity contribution in [1.82, 2.24) is 20.1 Å². The van der Waals surface area contributed by atoms with Gasteiger partial charge in [-0.05, 0) is 77.1 Å². The summed E-state index contributed by atoms with van der Waals surface area (Å²) in [5.41, 5.74) is 0.664. The van der Waals surface area contributed by atoms with E-state index in [-0.39, 0.29) is 34.7 Å². The molecular weight excluding hydrogens is 631 g/mol. The summed E-state index contributed by atoms with van der Waals surface area (Å²) in [6.07, 6.45) is 6.38. The number of nitrogens with zero attached hydrogens (tertiary/aromatic N) is 4. The predicted octanol–water partition coefficient (Wildman–Crippen LogP) is 6.78. The lowest BCUT2D eigenvalue weighted by atomic mass is 9.85. The van der Waals surface area contributed by atoms with E-state index >= 15 is 13.2 Å². The fraction of sp³-hybridized carbons (Fsp3) is 0.618. The minimum absolute atomic E-state index is 0.0771. The average molecular weight is 676 g/mol. The van der Waals surface area contributed by atoms with Crippen LogP contribution in [-0.2, 0) is 15.8 Å². The van der Waals surface area contributed by atoms with Gasteiger partial charge in [-0.15, -0.1) is 10.2 Å². The molecule has 2 aromatic heterocycles. The highest BCUT2D eigenvalue weighted by Crippen LogP contribution is 2.44. The number of aromatic nitrogens is 3. The first-order chi connectivity index (χ1) is 22.6. The fourth-order valence-electron chi connectivity index (χ4n) is 7.21. The van der Waals surface area contributed by atoms with Crippen LogP contribution >= 0.6 is 0 Å². The number of hydrogen-bond donors (Lipinski definition) is 1. The van der Waals surface area contributed by atoms with E-state index in [0.717, 1.165) is 44.2 Å². The first kappa shape index (κ1) is 33.7. The van der Waals surface area contributed by atoms with Crippen LogP contribution < -0.4 is 14.8 Å². The van der Waals surface area contributed by atoms with Crippen LogP contribution in [0.25, 0.3) is 10.9 Å². The number of halogens is 3. The number of ether oxygens (including phenoxy) is 2. The monoisotopic (exact) mass is 675 g/mol. The maximum Gasteiger partial charge on any atom is 0.278 e. The highest BCUT2D eigenvalue weighted by Gasteiger charge is 2.45. The zero-order valence-electron chi connectivity index (χ0n) is 27.1. The third kappa shape index (κ3) is 7.30. The third-order valence-electron chi connectivity index (χ3n) is 10.1. The van der Waals surface area contributed by atoms with E-state index in [9.17, 15) is 8.42 Å². The molecule has 256 valence electrons. The van der Waals surface area contributed by atoms with Crippen LogP contribution in [0.5, 0.6) is 11.8 Å². The van der Waals surface area contributed by atoms with Gasteiger partial charge >= 0.3 is 0 Å². The van der Waals surface area contributed by atoms with Gasteiger partial charge in [0.05, 0.1) is 42.2 Å². The number of rotatable bonds is 2. The van der Waals surface area contributed by atoms with Gasteiger partial charge in [0.1, 0.15) is 21.2 Å². The number of alkyl halides is 2. The topological polar surface area (TPSA) is 107 Å². The quantitative estimate of drug-likeness (QED) is 0.315. The second-order valence-corrected chi connectivity index (χ2v) is 15.5. The molecule has 9 nitrogen and oxygen atoms in total. The Morgan fingerprint density at radius 1 is 0.979 bits per heavy atom. The van der Waals surface area contributed by atoms with Crippen LogP contribution in [0.3, 0.4) is 0 Å². The number of anilines is 1. The molecule has 9 rings (SSSR count). The number of hydrogen-bond acceptors (Lipinski definition) is 9. The van der Waals surface area contributed by atoms with Gasteiger partial charge in [-0.25, -0.2) is 26.6 Å². The van der Waals surface area contributed by atoms with Crippen molar-refractivity contribution in [2.45, 2.75) is 82.6 Å². The number of methoxy groups -OCH3 is 1. The number of pyridine rings is 1. The molecule has 2 saturated heterocycles. The lowest BCUT2D eigenvalue weighted by molar-refractivity contribution is -0.0880. The van der Waals surface area contributed by atoms with E-state index in [0.29, 0.717) is 62.2 Å². The summed E-state index contributed by atoms with van der Waals surface area (Å²) in [6, 6.07) is 5.32. The van der Waals surface area contributed by atoms with Crippen molar-refractivity contribution in [1.29, 1.82) is 0 Å². The van der Waals surface area contributed by atoms with Gasteiger partial charge in [-0.2, -0.15) is 0 Å². The van der Waals surface area contributed by atoms with Crippen molar-refractivity contribution >= 4 is 26.6 Å². The molecule has 6 aliphatic heterocycles. The van der Waals surface area contributed by atoms with Gasteiger partial charge in [-0.1, -0.05) is 37.5 Å². The Morgan fingerprint density at radius 3 is 2.45 bits per heavy atom. The summed E-state index contributed by atoms with van der Waals surface area (Å²) in [6.45, 7) is 4.18. The summed E-state index contributed by atoms with van der Waals surface area (Å²) in [4.78, 5) is 7.09. The molecule has 0 amide bonds. The molecule has 13 heteroatoms. The highest BCUT2D eigenvalue weighted by atomic mass is 32.2. The van der Waals surface area contributed by atoms with Crippen LogP contribution in [0.2, 0.25) is 0 Å². The van der Waals surface area contributed by atoms with Gasteiger partial charge in [0.15, 0.2) is 5.82 Å². The van der Waals surface area contributed by atoms with Gasteiger partial charge in [0, 0.05) is 17.0 Å². The Labute approximate surface area is 274 Å². The van der Waals surface area contributed by atoms with Gasteiger partial charge < -0.3 is 19.7 Å². The van der Waals surface area contributed by atoms with E-state index < -0.39 is 39.1 Å². The molecule has 0 saturated carbocycles. The first-order valence-corrected chi connectivity index (χ1v) is 18.6. The molecule has 6 aliphatic rings. The lowest BCUT2D eigenvalue weighted by Crippen LogP contribution is -2.40. The Hall–Kier alpha value is -3.19. The van der Waals surface area contributed by atoms with E-state index in [1.165, 1.54) is 25.3 Å². The molecule has 3 aromatic rings. The summed E-state index contributed by atoms with van der Waals surface area (Å²) < 4.78 is 84.2. The van der Waals surface area contributed by atoms with Crippen LogP contribution in [0.15, 0.2) is 24.3 Å². The zero-order chi connectivity index (χ0) is 33.2. The maximum atomic E-state index is 16.0. The molecule has 1 N–H and O–H groups in total. The van der Waals surface area contributed by atoms with Gasteiger partial charge in [-0.3, -0.25) is 0 Å². The molecule has 0 unspecified atom stereocenters. The number of nitrogens with one attached hydrogen (secondary N) is 1. The molecular formula is C34H44F3N5O4S. The first-order valence-electron chi connectivity index (χ1n) is 16.8. The molecule has 1 atom stereocenters. The minimum Gasteiger partial charge on any atom is -0.478 e. The lowest BCUT2D eigenvalue weighted by Gasteiger charge is -2.36. The van der Waals surface area contributed by atoms with Crippen molar-refractivity contribution in [2.24, 2.45) is 5.92 Å². The Balaban J connectivity index is 1.40. The summed E-state index contributed by atoms with van der Waals surface area (Å²) in [5.74, 6) is -4.26. The van der Waals surface area contributed by atoms with E-state index in [4.69, 9.17) is 14.5 Å². The van der Waals surface area contributed by atoms with Crippen molar-refractivity contribution in [2.75, 3.05) is 50.2 Å². The molecule has 8 heterocycles. The van der Waals surface area contributed by atoms with Crippen molar-refractivity contribution in [3.63, 3.8) is 0 Å². The molecule has 0 spiro atoms. The summed E-state index contributed by atoms with van der Waals surface area (Å²) in [5, 5.41) is 12.3. The zero-order valence-corrected chi connectivity index (χ0v) is 27.9. The van der Waals surface area contributed by atoms with Crippen LogP contribution in [0.4, 0.5) is 19.0 Å². The SMILES string of the molecule is COc1nnc2c3cc(C4CCS(=O)(=O)CC4)c(nc13)OCCCCCCCN1CCC(CC1)C(F)(F)c1cccc(c1F)[C@@H](C)N2. The van der Waals surface area contributed by atoms with E-state index in [1.54, 1.807) is 6.92 Å². The maximum absolute atomic E-state index is 16.0. The van der Waals surface area contributed by atoms with Gasteiger partial charge in [0.25, 0.3) is 11.8 Å². The molecule has 47 heavy (non-hydrogen) atoms. The molecule has 2 fully saturated rings. The smallest absolute Gasteiger partial charge is 0.278 e. The third-order valence-corrected chi connectivity index (χ3v) is 11.8. The molecule has 8 bridgehead atoms. The summed E-state index contributed by atoms with van der Waals surface area (Å²) >= 11 is 0. The molecule has 1 aromatic carbocycles. The molecule has 0 radical (unpaired) electrons.